The number of aryl methyl sites for hydroxylation is 1. The minimum atomic E-state index is -0.305. The summed E-state index contributed by atoms with van der Waals surface area (Å²) in [4.78, 5) is 12.2. The average molecular weight is 411 g/mol. The van der Waals surface area contributed by atoms with Crippen molar-refractivity contribution in [2.75, 3.05) is 12.3 Å². The number of carbonyl (C=O) groups excluding carboxylic acids is 1. The number of amides is 1. The van der Waals surface area contributed by atoms with Crippen molar-refractivity contribution in [3.8, 4) is 11.4 Å². The van der Waals surface area contributed by atoms with Crippen molar-refractivity contribution in [1.82, 2.24) is 20.1 Å². The first kappa shape index (κ1) is 20.8. The molecule has 5 nitrogen and oxygen atoms in total. The smallest absolute Gasteiger partial charge is 0.230 e. The van der Waals surface area contributed by atoms with Gasteiger partial charge in [0, 0.05) is 18.7 Å². The van der Waals surface area contributed by atoms with Gasteiger partial charge < -0.3 is 5.32 Å². The van der Waals surface area contributed by atoms with Gasteiger partial charge in [0.25, 0.3) is 0 Å². The lowest BCUT2D eigenvalue weighted by Crippen LogP contribution is -2.27. The summed E-state index contributed by atoms with van der Waals surface area (Å²) < 4.78 is 15.1. The van der Waals surface area contributed by atoms with Gasteiger partial charge in [0.05, 0.1) is 5.75 Å². The second-order valence-corrected chi connectivity index (χ2v) is 7.47. The third-order valence-corrected chi connectivity index (χ3v) is 5.41. The van der Waals surface area contributed by atoms with Crippen LogP contribution in [0, 0.1) is 12.7 Å². The van der Waals surface area contributed by atoms with Crippen LogP contribution in [0.1, 0.15) is 11.1 Å². The van der Waals surface area contributed by atoms with E-state index >= 15 is 0 Å². The molecule has 0 bridgehead atoms. The third kappa shape index (κ3) is 5.54. The Kier molecular flexibility index (Phi) is 7.19. The largest absolute Gasteiger partial charge is 0.355 e. The molecule has 1 aromatic heterocycles. The molecule has 7 heteroatoms. The highest BCUT2D eigenvalue weighted by Gasteiger charge is 2.15. The van der Waals surface area contributed by atoms with Gasteiger partial charge in [0.1, 0.15) is 5.82 Å². The van der Waals surface area contributed by atoms with Gasteiger partial charge >= 0.3 is 0 Å². The second-order valence-electron chi connectivity index (χ2n) is 6.53. The zero-order valence-corrected chi connectivity index (χ0v) is 17.1. The molecule has 0 atom stereocenters. The van der Waals surface area contributed by atoms with E-state index in [2.05, 4.69) is 41.1 Å². The summed E-state index contributed by atoms with van der Waals surface area (Å²) >= 11 is 1.32. The molecule has 0 saturated heterocycles. The van der Waals surface area contributed by atoms with E-state index in [0.717, 1.165) is 12.0 Å². The van der Waals surface area contributed by atoms with Crippen molar-refractivity contribution in [1.29, 1.82) is 0 Å². The number of hydrogen-bond acceptors (Lipinski definition) is 4. The average Bonchev–Trinajstić information content (AvgIpc) is 3.11. The number of rotatable bonds is 9. The van der Waals surface area contributed by atoms with Gasteiger partial charge in [-0.3, -0.25) is 9.36 Å². The Labute approximate surface area is 174 Å². The number of nitrogens with zero attached hydrogens (tertiary/aromatic N) is 3. The van der Waals surface area contributed by atoms with Crippen LogP contribution in [0.2, 0.25) is 0 Å². The Hall–Kier alpha value is -2.93. The molecular formula is C22H23FN4OS. The predicted molar refractivity (Wildman–Crippen MR) is 114 cm³/mol. The van der Waals surface area contributed by atoms with E-state index in [1.807, 2.05) is 16.7 Å². The molecule has 0 radical (unpaired) electrons. The molecule has 0 aliphatic carbocycles. The van der Waals surface area contributed by atoms with E-state index < -0.39 is 0 Å². The standard InChI is InChI=1S/C22H23FN4OS/c1-3-14-27-21(18-8-10-19(23)11-9-18)25-26-22(27)29-15-20(28)24-13-12-17-7-5-4-6-16(17)2/h3-11H,1,12-15H2,2H3,(H,24,28). The molecule has 1 heterocycles. The molecule has 2 aromatic carbocycles. The lowest BCUT2D eigenvalue weighted by atomic mass is 10.1. The Balaban J connectivity index is 1.58. The van der Waals surface area contributed by atoms with E-state index in [9.17, 15) is 9.18 Å². The molecule has 3 aromatic rings. The van der Waals surface area contributed by atoms with Crippen LogP contribution in [-0.4, -0.2) is 33.0 Å². The maximum Gasteiger partial charge on any atom is 0.230 e. The van der Waals surface area contributed by atoms with Crippen LogP contribution in [0.15, 0.2) is 66.3 Å². The fraction of sp³-hybridized carbons (Fsp3) is 0.227. The van der Waals surface area contributed by atoms with Crippen LogP contribution in [0.3, 0.4) is 0 Å². The molecule has 0 spiro atoms. The first-order valence-corrected chi connectivity index (χ1v) is 10.3. The predicted octanol–water partition coefficient (Wildman–Crippen LogP) is 4.03. The SMILES string of the molecule is C=CCn1c(SCC(=O)NCCc2ccccc2C)nnc1-c1ccc(F)cc1. The highest BCUT2D eigenvalue weighted by atomic mass is 32.2. The number of benzene rings is 2. The fourth-order valence-electron chi connectivity index (χ4n) is 2.91. The highest BCUT2D eigenvalue weighted by Crippen LogP contribution is 2.24. The molecule has 0 aliphatic heterocycles. The summed E-state index contributed by atoms with van der Waals surface area (Å²) in [6.45, 7) is 6.92. The summed E-state index contributed by atoms with van der Waals surface area (Å²) in [6, 6.07) is 14.2. The summed E-state index contributed by atoms with van der Waals surface area (Å²) in [5, 5.41) is 12.0. The monoisotopic (exact) mass is 410 g/mol. The van der Waals surface area contributed by atoms with Crippen LogP contribution in [0.4, 0.5) is 4.39 Å². The van der Waals surface area contributed by atoms with Crippen molar-refractivity contribution in [3.05, 3.63) is 78.1 Å². The molecule has 0 unspecified atom stereocenters. The molecule has 0 aliphatic rings. The maximum absolute atomic E-state index is 13.2. The number of thioether (sulfide) groups is 1. The summed E-state index contributed by atoms with van der Waals surface area (Å²) in [5.41, 5.74) is 3.22. The van der Waals surface area contributed by atoms with Gasteiger partial charge in [-0.1, -0.05) is 42.1 Å². The van der Waals surface area contributed by atoms with E-state index in [1.54, 1.807) is 18.2 Å². The minimum absolute atomic E-state index is 0.0555. The quantitative estimate of drug-likeness (QED) is 0.427. The number of nitrogens with one attached hydrogen (secondary N) is 1. The number of allylic oxidation sites excluding steroid dienone is 1. The first-order chi connectivity index (χ1) is 14.1. The van der Waals surface area contributed by atoms with Crippen molar-refractivity contribution in [2.24, 2.45) is 0 Å². The van der Waals surface area contributed by atoms with Crippen LogP contribution in [-0.2, 0) is 17.8 Å². The number of halogens is 1. The zero-order chi connectivity index (χ0) is 20.6. The van der Waals surface area contributed by atoms with Crippen molar-refractivity contribution in [3.63, 3.8) is 0 Å². The lowest BCUT2D eigenvalue weighted by molar-refractivity contribution is -0.118. The summed E-state index contributed by atoms with van der Waals surface area (Å²) in [6.07, 6.45) is 2.53. The maximum atomic E-state index is 13.2. The Bertz CT molecular complexity index is 985. The fourth-order valence-corrected chi connectivity index (χ4v) is 3.69. The van der Waals surface area contributed by atoms with Crippen molar-refractivity contribution in [2.45, 2.75) is 25.0 Å². The van der Waals surface area contributed by atoms with Gasteiger partial charge in [0.15, 0.2) is 11.0 Å². The first-order valence-electron chi connectivity index (χ1n) is 9.32. The molecule has 3 rings (SSSR count). The molecule has 1 amide bonds. The van der Waals surface area contributed by atoms with Gasteiger partial charge in [-0.2, -0.15) is 0 Å². The Morgan fingerprint density at radius 1 is 1.21 bits per heavy atom. The van der Waals surface area contributed by atoms with Crippen LogP contribution < -0.4 is 5.32 Å². The number of hydrogen-bond donors (Lipinski definition) is 1. The number of carbonyl (C=O) groups is 1. The molecule has 1 N–H and O–H groups in total. The second kappa shape index (κ2) is 10.0. The Morgan fingerprint density at radius 2 is 1.97 bits per heavy atom. The topological polar surface area (TPSA) is 59.8 Å². The van der Waals surface area contributed by atoms with E-state index in [0.29, 0.717) is 24.1 Å². The molecule has 0 fully saturated rings. The van der Waals surface area contributed by atoms with E-state index in [-0.39, 0.29) is 17.5 Å². The Morgan fingerprint density at radius 3 is 2.69 bits per heavy atom. The molecule has 0 saturated carbocycles. The number of aromatic nitrogens is 3. The van der Waals surface area contributed by atoms with Gasteiger partial charge in [-0.05, 0) is 48.7 Å². The zero-order valence-electron chi connectivity index (χ0n) is 16.3. The van der Waals surface area contributed by atoms with Crippen LogP contribution in [0.5, 0.6) is 0 Å². The summed E-state index contributed by atoms with van der Waals surface area (Å²) in [5.74, 6) is 0.500. The summed E-state index contributed by atoms with van der Waals surface area (Å²) in [7, 11) is 0. The van der Waals surface area contributed by atoms with Crippen molar-refractivity contribution >= 4 is 17.7 Å². The lowest BCUT2D eigenvalue weighted by Gasteiger charge is -2.09. The van der Waals surface area contributed by atoms with Crippen LogP contribution >= 0.6 is 11.8 Å². The van der Waals surface area contributed by atoms with Crippen LogP contribution in [0.25, 0.3) is 11.4 Å². The van der Waals surface area contributed by atoms with Gasteiger partial charge in [-0.15, -0.1) is 16.8 Å². The normalized spacial score (nSPS) is 10.7. The molecule has 150 valence electrons. The van der Waals surface area contributed by atoms with E-state index in [1.165, 1.54) is 35.0 Å². The van der Waals surface area contributed by atoms with Gasteiger partial charge in [-0.25, -0.2) is 4.39 Å². The van der Waals surface area contributed by atoms with Crippen molar-refractivity contribution < 1.29 is 9.18 Å². The minimum Gasteiger partial charge on any atom is -0.355 e. The van der Waals surface area contributed by atoms with Gasteiger partial charge in [0.2, 0.25) is 5.91 Å². The molecular weight excluding hydrogens is 387 g/mol. The van der Waals surface area contributed by atoms with E-state index in [4.69, 9.17) is 0 Å². The highest BCUT2D eigenvalue weighted by molar-refractivity contribution is 7.99. The molecule has 29 heavy (non-hydrogen) atoms. The third-order valence-electron chi connectivity index (χ3n) is 4.44.